The number of morpholine rings is 1. The van der Waals surface area contributed by atoms with Crippen molar-refractivity contribution in [2.24, 2.45) is 0 Å². The first-order valence-electron chi connectivity index (χ1n) is 10.5. The van der Waals surface area contributed by atoms with Crippen molar-refractivity contribution in [3.05, 3.63) is 47.4 Å². The molecule has 0 amide bonds. The molecule has 2 aromatic heterocycles. The van der Waals surface area contributed by atoms with Crippen LogP contribution in [0.15, 0.2) is 30.5 Å². The van der Waals surface area contributed by atoms with Crippen LogP contribution in [-0.4, -0.2) is 47.9 Å². The van der Waals surface area contributed by atoms with Crippen LogP contribution in [0.25, 0.3) is 10.9 Å². The predicted molar refractivity (Wildman–Crippen MR) is 113 cm³/mol. The lowest BCUT2D eigenvalue weighted by atomic mass is 10.1. The zero-order valence-electron chi connectivity index (χ0n) is 17.3. The van der Waals surface area contributed by atoms with Crippen LogP contribution in [0.2, 0.25) is 0 Å². The molecular weight excluding hydrogens is 423 g/mol. The molecule has 2 bridgehead atoms. The maximum atomic E-state index is 13.5. The minimum atomic E-state index is -4.49. The number of rotatable bonds is 1. The van der Waals surface area contributed by atoms with Crippen LogP contribution in [0.4, 0.5) is 24.8 Å². The van der Waals surface area contributed by atoms with E-state index in [1.165, 1.54) is 6.07 Å². The van der Waals surface area contributed by atoms with Crippen LogP contribution in [0.1, 0.15) is 23.4 Å². The lowest BCUT2D eigenvalue weighted by Crippen LogP contribution is -2.36. The normalized spacial score (nSPS) is 17.2. The van der Waals surface area contributed by atoms with Crippen LogP contribution in [0.5, 0.6) is 5.75 Å². The maximum absolute atomic E-state index is 13.5. The molecule has 1 aromatic carbocycles. The molecule has 0 radical (unpaired) electrons. The lowest BCUT2D eigenvalue weighted by molar-refractivity contribution is -0.139. The van der Waals surface area contributed by atoms with E-state index in [0.29, 0.717) is 48.8 Å². The van der Waals surface area contributed by atoms with Gasteiger partial charge < -0.3 is 19.7 Å². The van der Waals surface area contributed by atoms with Gasteiger partial charge in [0.1, 0.15) is 23.2 Å². The number of anilines is 2. The lowest BCUT2D eigenvalue weighted by Gasteiger charge is -2.28. The molecule has 1 saturated heterocycles. The Morgan fingerprint density at radius 1 is 1.06 bits per heavy atom. The summed E-state index contributed by atoms with van der Waals surface area (Å²) in [6.07, 6.45) is -1.79. The number of alkyl halides is 3. The summed E-state index contributed by atoms with van der Waals surface area (Å²) in [5.41, 5.74) is 0.355. The summed E-state index contributed by atoms with van der Waals surface area (Å²) < 4.78 is 51.6. The number of hydrogen-bond acceptors (Lipinski definition) is 7. The number of para-hydroxylation sites is 1. The summed E-state index contributed by atoms with van der Waals surface area (Å²) in [5, 5.41) is 4.00. The molecule has 2 aliphatic heterocycles. The van der Waals surface area contributed by atoms with E-state index in [1.807, 2.05) is 6.07 Å². The number of aromatic nitrogens is 3. The van der Waals surface area contributed by atoms with E-state index in [4.69, 9.17) is 9.47 Å². The van der Waals surface area contributed by atoms with Gasteiger partial charge in [-0.05, 0) is 18.6 Å². The largest absolute Gasteiger partial charge is 0.493 e. The quantitative estimate of drug-likeness (QED) is 0.611. The molecule has 2 aliphatic rings. The second-order valence-electron chi connectivity index (χ2n) is 7.74. The van der Waals surface area contributed by atoms with Crippen LogP contribution < -0.4 is 15.0 Å². The Morgan fingerprint density at radius 3 is 2.72 bits per heavy atom. The number of benzene rings is 1. The highest BCUT2D eigenvalue weighted by Gasteiger charge is 2.35. The minimum absolute atomic E-state index is 0.129. The van der Waals surface area contributed by atoms with Crippen molar-refractivity contribution >= 4 is 22.5 Å². The Labute approximate surface area is 182 Å². The van der Waals surface area contributed by atoms with E-state index in [-0.39, 0.29) is 18.9 Å². The molecule has 0 unspecified atom stereocenters. The van der Waals surface area contributed by atoms with E-state index in [9.17, 15) is 13.2 Å². The van der Waals surface area contributed by atoms with Gasteiger partial charge in [-0.15, -0.1) is 0 Å². The summed E-state index contributed by atoms with van der Waals surface area (Å²) in [5.74, 6) is 1.85. The van der Waals surface area contributed by atoms with E-state index < -0.39 is 11.7 Å². The molecule has 0 aliphatic carbocycles. The summed E-state index contributed by atoms with van der Waals surface area (Å²) in [6.45, 7) is 3.04. The number of nitrogens with one attached hydrogen (secondary N) is 1. The van der Waals surface area contributed by atoms with Crippen molar-refractivity contribution in [3.8, 4) is 5.75 Å². The Kier molecular flexibility index (Phi) is 5.46. The monoisotopic (exact) mass is 445 g/mol. The molecule has 3 aromatic rings. The number of aryl methyl sites for hydroxylation is 1. The van der Waals surface area contributed by atoms with Crippen molar-refractivity contribution in [1.29, 1.82) is 0 Å². The molecule has 1 fully saturated rings. The van der Waals surface area contributed by atoms with Crippen molar-refractivity contribution in [2.45, 2.75) is 25.6 Å². The molecule has 168 valence electrons. The number of halogens is 3. The Morgan fingerprint density at radius 2 is 1.91 bits per heavy atom. The van der Waals surface area contributed by atoms with Gasteiger partial charge in [-0.3, -0.25) is 0 Å². The first-order chi connectivity index (χ1) is 15.5. The second-order valence-corrected chi connectivity index (χ2v) is 7.74. The average molecular weight is 445 g/mol. The average Bonchev–Trinajstić information content (AvgIpc) is 2.83. The zero-order chi connectivity index (χ0) is 22.1. The van der Waals surface area contributed by atoms with Gasteiger partial charge in [0.15, 0.2) is 0 Å². The second kappa shape index (κ2) is 8.42. The van der Waals surface area contributed by atoms with E-state index in [0.717, 1.165) is 30.4 Å². The van der Waals surface area contributed by atoms with Crippen LogP contribution >= 0.6 is 0 Å². The van der Waals surface area contributed by atoms with Gasteiger partial charge in [0.05, 0.1) is 37.1 Å². The molecular formula is C22H22F3N5O2. The molecule has 4 heterocycles. The van der Waals surface area contributed by atoms with Crippen molar-refractivity contribution < 1.29 is 22.6 Å². The van der Waals surface area contributed by atoms with Crippen LogP contribution in [0, 0.1) is 0 Å². The van der Waals surface area contributed by atoms with Crippen molar-refractivity contribution in [3.63, 3.8) is 0 Å². The third-order valence-corrected chi connectivity index (χ3v) is 5.59. The maximum Gasteiger partial charge on any atom is 0.419 e. The highest BCUT2D eigenvalue weighted by Crippen LogP contribution is 2.39. The topological polar surface area (TPSA) is 72.4 Å². The summed E-state index contributed by atoms with van der Waals surface area (Å²) >= 11 is 0. The minimum Gasteiger partial charge on any atom is -0.493 e. The third-order valence-electron chi connectivity index (χ3n) is 5.59. The van der Waals surface area contributed by atoms with E-state index in [2.05, 4.69) is 25.2 Å². The first-order valence-corrected chi connectivity index (χ1v) is 10.5. The highest BCUT2D eigenvalue weighted by atomic mass is 19.4. The number of hydrogen-bond donors (Lipinski definition) is 1. The first kappa shape index (κ1) is 20.7. The SMILES string of the molecule is FC(F)(F)c1cccc2c1OCCCc1nc(c3cc(N4CCOCC4)ncc3n1)NC2. The van der Waals surface area contributed by atoms with E-state index in [1.54, 1.807) is 12.3 Å². The van der Waals surface area contributed by atoms with Gasteiger partial charge in [-0.1, -0.05) is 12.1 Å². The molecule has 10 heteroatoms. The van der Waals surface area contributed by atoms with Crippen molar-refractivity contribution in [2.75, 3.05) is 43.1 Å². The molecule has 5 rings (SSSR count). The number of nitrogens with zero attached hydrogens (tertiary/aromatic N) is 4. The standard InChI is InChI=1S/C22H22F3N5O2/c23-22(24,25)16-4-1-3-14-12-27-21-15-11-19(30-6-9-31-10-7-30)26-13-17(15)28-18(29-21)5-2-8-32-20(14)16/h1,3-4,11,13H,2,5-10,12H2,(H,27,28,29). The predicted octanol–water partition coefficient (Wildman–Crippen LogP) is 3.82. The van der Waals surface area contributed by atoms with Gasteiger partial charge in [-0.2, -0.15) is 13.2 Å². The third kappa shape index (κ3) is 4.14. The van der Waals surface area contributed by atoms with Gasteiger partial charge in [0.2, 0.25) is 0 Å². The van der Waals surface area contributed by atoms with Crippen LogP contribution in [0.3, 0.4) is 0 Å². The number of fused-ring (bicyclic) bond motifs is 5. The molecule has 0 spiro atoms. The fraction of sp³-hybridized carbons (Fsp3) is 0.409. The van der Waals surface area contributed by atoms with Gasteiger partial charge in [-0.25, -0.2) is 15.0 Å². The summed E-state index contributed by atoms with van der Waals surface area (Å²) in [6, 6.07) is 6.01. The highest BCUT2D eigenvalue weighted by molar-refractivity contribution is 5.90. The van der Waals surface area contributed by atoms with Gasteiger partial charge >= 0.3 is 6.18 Å². The fourth-order valence-corrected chi connectivity index (χ4v) is 3.98. The van der Waals surface area contributed by atoms with Gasteiger partial charge in [0.25, 0.3) is 0 Å². The van der Waals surface area contributed by atoms with Crippen LogP contribution in [-0.2, 0) is 23.9 Å². The van der Waals surface area contributed by atoms with E-state index >= 15 is 0 Å². The Bertz CT molecular complexity index is 1130. The molecule has 1 N–H and O–H groups in total. The molecule has 32 heavy (non-hydrogen) atoms. The Hall–Kier alpha value is -3.14. The Balaban J connectivity index is 1.54. The number of pyridine rings is 1. The van der Waals surface area contributed by atoms with Crippen molar-refractivity contribution in [1.82, 2.24) is 15.0 Å². The zero-order valence-corrected chi connectivity index (χ0v) is 17.3. The smallest absolute Gasteiger partial charge is 0.419 e. The fourth-order valence-electron chi connectivity index (χ4n) is 3.98. The molecule has 0 saturated carbocycles. The summed E-state index contributed by atoms with van der Waals surface area (Å²) in [7, 11) is 0. The molecule has 7 nitrogen and oxygen atoms in total. The summed E-state index contributed by atoms with van der Waals surface area (Å²) in [4.78, 5) is 16.0. The number of ether oxygens (including phenoxy) is 2. The van der Waals surface area contributed by atoms with Gasteiger partial charge in [0, 0.05) is 37.0 Å². The molecule has 0 atom stereocenters.